The number of carbonyl (C=O) groups is 1. The molecule has 0 unspecified atom stereocenters. The fourth-order valence-electron chi connectivity index (χ4n) is 4.08. The number of carbonyl (C=O) groups excluding carboxylic acids is 1. The molecule has 0 spiro atoms. The van der Waals surface area contributed by atoms with Crippen LogP contribution in [0.25, 0.3) is 0 Å². The maximum atomic E-state index is 12.9. The van der Waals surface area contributed by atoms with Crippen molar-refractivity contribution >= 4 is 11.7 Å². The molecule has 2 heterocycles. The lowest BCUT2D eigenvalue weighted by atomic mass is 9.82. The lowest BCUT2D eigenvalue weighted by Gasteiger charge is -2.37. The first-order valence-corrected chi connectivity index (χ1v) is 10.2. The summed E-state index contributed by atoms with van der Waals surface area (Å²) in [6.07, 6.45) is 7.50. The van der Waals surface area contributed by atoms with Gasteiger partial charge in [-0.25, -0.2) is 9.97 Å². The van der Waals surface area contributed by atoms with Crippen LogP contribution in [0.5, 0.6) is 0 Å². The molecule has 0 aromatic carbocycles. The zero-order chi connectivity index (χ0) is 19.1. The molecule has 2 aliphatic rings. The second-order valence-corrected chi connectivity index (χ2v) is 7.53. The number of methoxy groups -OCH3 is 1. The monoisotopic (exact) mass is 376 g/mol. The maximum Gasteiger partial charge on any atom is 0.225 e. The van der Waals surface area contributed by atoms with Gasteiger partial charge in [0.05, 0.1) is 24.4 Å². The van der Waals surface area contributed by atoms with Crippen LogP contribution >= 0.6 is 0 Å². The van der Waals surface area contributed by atoms with E-state index < -0.39 is 0 Å². The molecule has 7 nitrogen and oxygen atoms in total. The Balaban J connectivity index is 1.68. The molecule has 1 aromatic heterocycles. The molecule has 3 atom stereocenters. The van der Waals surface area contributed by atoms with Crippen LogP contribution in [0.15, 0.2) is 12.4 Å². The van der Waals surface area contributed by atoms with Gasteiger partial charge in [0.2, 0.25) is 5.91 Å². The van der Waals surface area contributed by atoms with Gasteiger partial charge in [-0.3, -0.25) is 4.79 Å². The summed E-state index contributed by atoms with van der Waals surface area (Å²) in [6, 6.07) is 1.99. The highest BCUT2D eigenvalue weighted by atomic mass is 16.5. The SMILES string of the molecule is CCCO[C@@H]1CC[C@H](C(=O)N2CCCC2)C[C@H]1Nc1cc(COC)ncn1. The van der Waals surface area contributed by atoms with E-state index in [-0.39, 0.29) is 18.1 Å². The Morgan fingerprint density at radius 1 is 1.30 bits per heavy atom. The Kier molecular flexibility index (Phi) is 7.41. The predicted molar refractivity (Wildman–Crippen MR) is 103 cm³/mol. The van der Waals surface area contributed by atoms with Crippen LogP contribution in [0.4, 0.5) is 5.82 Å². The van der Waals surface area contributed by atoms with Gasteiger partial charge in [0.15, 0.2) is 0 Å². The van der Waals surface area contributed by atoms with Gasteiger partial charge in [0.25, 0.3) is 0 Å². The van der Waals surface area contributed by atoms with E-state index in [1.165, 1.54) is 0 Å². The van der Waals surface area contributed by atoms with Gasteiger partial charge < -0.3 is 19.7 Å². The summed E-state index contributed by atoms with van der Waals surface area (Å²) >= 11 is 0. The molecule has 2 fully saturated rings. The molecule has 150 valence electrons. The first-order chi connectivity index (χ1) is 13.2. The summed E-state index contributed by atoms with van der Waals surface area (Å²) in [7, 11) is 1.65. The largest absolute Gasteiger partial charge is 0.378 e. The predicted octanol–water partition coefficient (Wildman–Crippen LogP) is 2.62. The van der Waals surface area contributed by atoms with Gasteiger partial charge in [0, 0.05) is 38.8 Å². The molecule has 0 radical (unpaired) electrons. The van der Waals surface area contributed by atoms with Gasteiger partial charge in [-0.15, -0.1) is 0 Å². The van der Waals surface area contributed by atoms with Crippen molar-refractivity contribution in [2.45, 2.75) is 64.2 Å². The Bertz CT molecular complexity index is 607. The van der Waals surface area contributed by atoms with Gasteiger partial charge in [0.1, 0.15) is 12.1 Å². The van der Waals surface area contributed by atoms with Crippen molar-refractivity contribution in [3.8, 4) is 0 Å². The van der Waals surface area contributed by atoms with E-state index in [4.69, 9.17) is 9.47 Å². The average molecular weight is 377 g/mol. The number of nitrogens with zero attached hydrogens (tertiary/aromatic N) is 3. The molecular weight excluding hydrogens is 344 g/mol. The number of anilines is 1. The van der Waals surface area contributed by atoms with E-state index in [2.05, 4.69) is 22.2 Å². The molecule has 3 rings (SSSR count). The van der Waals surface area contributed by atoms with Crippen LogP contribution < -0.4 is 5.32 Å². The van der Waals surface area contributed by atoms with Crippen molar-refractivity contribution < 1.29 is 14.3 Å². The number of hydrogen-bond acceptors (Lipinski definition) is 6. The molecule has 1 N–H and O–H groups in total. The summed E-state index contributed by atoms with van der Waals surface area (Å²) in [5.41, 5.74) is 0.835. The molecule has 1 aliphatic carbocycles. The van der Waals surface area contributed by atoms with E-state index in [1.807, 2.05) is 11.0 Å². The Labute approximate surface area is 161 Å². The molecule has 1 aromatic rings. The van der Waals surface area contributed by atoms with Crippen LogP contribution in [-0.4, -0.2) is 59.7 Å². The first kappa shape index (κ1) is 20.0. The number of rotatable bonds is 8. The average Bonchev–Trinajstić information content (AvgIpc) is 3.22. The van der Waals surface area contributed by atoms with Crippen molar-refractivity contribution in [1.82, 2.24) is 14.9 Å². The summed E-state index contributed by atoms with van der Waals surface area (Å²) < 4.78 is 11.3. The van der Waals surface area contributed by atoms with Crippen LogP contribution in [0.3, 0.4) is 0 Å². The van der Waals surface area contributed by atoms with Crippen molar-refractivity contribution in [3.63, 3.8) is 0 Å². The third-order valence-electron chi connectivity index (χ3n) is 5.44. The molecule has 1 saturated carbocycles. The number of amides is 1. The fraction of sp³-hybridized carbons (Fsp3) is 0.750. The summed E-state index contributed by atoms with van der Waals surface area (Å²) in [4.78, 5) is 23.5. The molecule has 1 aliphatic heterocycles. The zero-order valence-electron chi connectivity index (χ0n) is 16.5. The van der Waals surface area contributed by atoms with E-state index in [0.717, 1.165) is 69.7 Å². The standard InChI is InChI=1S/C20H32N4O3/c1-3-10-27-18-7-6-15(20(25)24-8-4-5-9-24)11-17(18)23-19-12-16(13-26-2)21-14-22-19/h12,14-15,17-18H,3-11,13H2,1-2H3,(H,21,22,23)/t15-,17+,18+/m0/s1. The van der Waals surface area contributed by atoms with Gasteiger partial charge in [-0.1, -0.05) is 6.92 Å². The van der Waals surface area contributed by atoms with Crippen LogP contribution in [0.1, 0.15) is 51.1 Å². The highest BCUT2D eigenvalue weighted by Gasteiger charge is 2.36. The number of hydrogen-bond donors (Lipinski definition) is 1. The third kappa shape index (κ3) is 5.39. The Hall–Kier alpha value is -1.73. The van der Waals surface area contributed by atoms with Gasteiger partial charge >= 0.3 is 0 Å². The molecular formula is C20H32N4O3. The quantitative estimate of drug-likeness (QED) is 0.752. The van der Waals surface area contributed by atoms with Crippen molar-refractivity contribution in [3.05, 3.63) is 18.1 Å². The van der Waals surface area contributed by atoms with Crippen LogP contribution in [0, 0.1) is 5.92 Å². The number of likely N-dealkylation sites (tertiary alicyclic amines) is 1. The second kappa shape index (κ2) is 9.99. The van der Waals surface area contributed by atoms with Crippen LogP contribution in [0.2, 0.25) is 0 Å². The molecule has 7 heteroatoms. The lowest BCUT2D eigenvalue weighted by molar-refractivity contribution is -0.136. The summed E-state index contributed by atoms with van der Waals surface area (Å²) in [5.74, 6) is 1.15. The highest BCUT2D eigenvalue weighted by Crippen LogP contribution is 2.31. The molecule has 27 heavy (non-hydrogen) atoms. The van der Waals surface area contributed by atoms with E-state index in [1.54, 1.807) is 13.4 Å². The zero-order valence-corrected chi connectivity index (χ0v) is 16.5. The normalized spacial score (nSPS) is 25.6. The molecule has 0 bridgehead atoms. The second-order valence-electron chi connectivity index (χ2n) is 7.53. The third-order valence-corrected chi connectivity index (χ3v) is 5.44. The molecule has 1 amide bonds. The fourth-order valence-corrected chi connectivity index (χ4v) is 4.08. The first-order valence-electron chi connectivity index (χ1n) is 10.2. The van der Waals surface area contributed by atoms with Gasteiger partial charge in [-0.2, -0.15) is 0 Å². The van der Waals surface area contributed by atoms with Crippen molar-refractivity contribution in [1.29, 1.82) is 0 Å². The van der Waals surface area contributed by atoms with Crippen molar-refractivity contribution in [2.24, 2.45) is 5.92 Å². The van der Waals surface area contributed by atoms with E-state index in [0.29, 0.717) is 12.5 Å². The maximum absolute atomic E-state index is 12.9. The van der Waals surface area contributed by atoms with E-state index >= 15 is 0 Å². The minimum Gasteiger partial charge on any atom is -0.378 e. The smallest absolute Gasteiger partial charge is 0.225 e. The molecule has 1 saturated heterocycles. The summed E-state index contributed by atoms with van der Waals surface area (Å²) in [5, 5.41) is 3.51. The number of ether oxygens (including phenoxy) is 2. The lowest BCUT2D eigenvalue weighted by Crippen LogP contribution is -2.46. The Morgan fingerprint density at radius 3 is 2.85 bits per heavy atom. The van der Waals surface area contributed by atoms with E-state index in [9.17, 15) is 4.79 Å². The minimum absolute atomic E-state index is 0.0716. The summed E-state index contributed by atoms with van der Waals surface area (Å²) in [6.45, 7) is 5.14. The van der Waals surface area contributed by atoms with Gasteiger partial charge in [-0.05, 0) is 38.5 Å². The topological polar surface area (TPSA) is 76.6 Å². The number of nitrogens with one attached hydrogen (secondary N) is 1. The van der Waals surface area contributed by atoms with Crippen LogP contribution in [-0.2, 0) is 20.9 Å². The number of aromatic nitrogens is 2. The highest BCUT2D eigenvalue weighted by molar-refractivity contribution is 5.79. The van der Waals surface area contributed by atoms with Crippen molar-refractivity contribution in [2.75, 3.05) is 32.1 Å². The Morgan fingerprint density at radius 2 is 2.11 bits per heavy atom. The minimum atomic E-state index is 0.0716.